The number of rotatable bonds is 7. The first-order valence-electron chi connectivity index (χ1n) is 7.74. The molecular weight excluding hydrogens is 254 g/mol. The number of nitrogens with one attached hydrogen (secondary N) is 1. The second kappa shape index (κ2) is 7.27. The minimum atomic E-state index is -0.549. The lowest BCUT2D eigenvalue weighted by Gasteiger charge is -2.36. The highest BCUT2D eigenvalue weighted by molar-refractivity contribution is 5.85. The molecule has 0 aliphatic heterocycles. The minimum Gasteiger partial charge on any atom is -0.409 e. The molecule has 0 aromatic heterocycles. The van der Waals surface area contributed by atoms with Crippen LogP contribution in [0.4, 0.5) is 0 Å². The van der Waals surface area contributed by atoms with Gasteiger partial charge >= 0.3 is 0 Å². The lowest BCUT2D eigenvalue weighted by atomic mass is 9.78. The number of hydrogen-bond donors (Lipinski definition) is 4. The van der Waals surface area contributed by atoms with E-state index >= 15 is 0 Å². The van der Waals surface area contributed by atoms with Crippen molar-refractivity contribution in [1.82, 2.24) is 5.32 Å². The lowest BCUT2D eigenvalue weighted by Crippen LogP contribution is -2.44. The van der Waals surface area contributed by atoms with Crippen LogP contribution < -0.4 is 11.1 Å². The van der Waals surface area contributed by atoms with Crippen molar-refractivity contribution >= 4 is 5.84 Å². The molecule has 0 amide bonds. The van der Waals surface area contributed by atoms with Crippen LogP contribution in [0.15, 0.2) is 5.16 Å². The van der Waals surface area contributed by atoms with Crippen LogP contribution in [0.25, 0.3) is 0 Å². The summed E-state index contributed by atoms with van der Waals surface area (Å²) >= 11 is 0. The first-order valence-corrected chi connectivity index (χ1v) is 7.74. The standard InChI is InChI=1S/C15H31N3O2/c1-4-12-5-7-15(19,8-6-12)11-17-10-9-14(2,3)13(16)18-20/h12,17,19-20H,4-11H2,1-3H3,(H2,16,18). The Balaban J connectivity index is 2.28. The highest BCUT2D eigenvalue weighted by Gasteiger charge is 2.32. The maximum Gasteiger partial charge on any atom is 0.144 e. The molecule has 118 valence electrons. The monoisotopic (exact) mass is 285 g/mol. The third kappa shape index (κ3) is 4.94. The fraction of sp³-hybridized carbons (Fsp3) is 0.933. The number of hydrogen-bond acceptors (Lipinski definition) is 4. The van der Waals surface area contributed by atoms with Crippen molar-refractivity contribution in [2.45, 2.75) is 64.9 Å². The highest BCUT2D eigenvalue weighted by Crippen LogP contribution is 2.33. The molecule has 5 N–H and O–H groups in total. The fourth-order valence-corrected chi connectivity index (χ4v) is 2.79. The SMILES string of the molecule is CCC1CCC(O)(CNCCC(C)(C)C(N)=NO)CC1. The Morgan fingerprint density at radius 3 is 2.50 bits per heavy atom. The van der Waals surface area contributed by atoms with Crippen LogP contribution >= 0.6 is 0 Å². The van der Waals surface area contributed by atoms with Crippen molar-refractivity contribution in [1.29, 1.82) is 0 Å². The van der Waals surface area contributed by atoms with Crippen molar-refractivity contribution in [2.75, 3.05) is 13.1 Å². The molecule has 1 aliphatic carbocycles. The van der Waals surface area contributed by atoms with Gasteiger partial charge in [-0.25, -0.2) is 0 Å². The Labute approximate surface area is 122 Å². The molecule has 0 aromatic carbocycles. The Kier molecular flexibility index (Phi) is 6.27. The zero-order valence-electron chi connectivity index (χ0n) is 13.2. The fourth-order valence-electron chi connectivity index (χ4n) is 2.79. The van der Waals surface area contributed by atoms with Crippen molar-refractivity contribution in [3.05, 3.63) is 0 Å². The van der Waals surface area contributed by atoms with Crippen LogP contribution in [0, 0.1) is 11.3 Å². The van der Waals surface area contributed by atoms with E-state index in [1.807, 2.05) is 13.8 Å². The maximum absolute atomic E-state index is 10.5. The normalized spacial score (nSPS) is 28.6. The Hall–Kier alpha value is -0.810. The van der Waals surface area contributed by atoms with E-state index in [2.05, 4.69) is 17.4 Å². The predicted octanol–water partition coefficient (Wildman–Crippen LogP) is 2.07. The predicted molar refractivity (Wildman–Crippen MR) is 81.9 cm³/mol. The van der Waals surface area contributed by atoms with Crippen molar-refractivity contribution in [3.8, 4) is 0 Å². The van der Waals surface area contributed by atoms with Crippen molar-refractivity contribution < 1.29 is 10.3 Å². The van der Waals surface area contributed by atoms with Crippen LogP contribution in [-0.2, 0) is 0 Å². The van der Waals surface area contributed by atoms with Gasteiger partial charge in [0.15, 0.2) is 0 Å². The van der Waals surface area contributed by atoms with Gasteiger partial charge in [0.05, 0.1) is 5.60 Å². The molecule has 0 unspecified atom stereocenters. The van der Waals surface area contributed by atoms with E-state index < -0.39 is 5.60 Å². The zero-order chi connectivity index (χ0) is 15.2. The molecule has 0 saturated heterocycles. The van der Waals surface area contributed by atoms with E-state index in [9.17, 15) is 5.11 Å². The summed E-state index contributed by atoms with van der Waals surface area (Å²) in [6.07, 6.45) is 6.03. The first kappa shape index (κ1) is 17.2. The first-order chi connectivity index (χ1) is 9.33. The molecule has 1 fully saturated rings. The van der Waals surface area contributed by atoms with Gasteiger partial charge in [0.25, 0.3) is 0 Å². The quantitative estimate of drug-likeness (QED) is 0.189. The van der Waals surface area contributed by atoms with E-state index in [0.717, 1.165) is 44.6 Å². The lowest BCUT2D eigenvalue weighted by molar-refractivity contribution is -0.00870. The number of oxime groups is 1. The molecule has 0 aromatic rings. The van der Waals surface area contributed by atoms with Gasteiger partial charge in [0.1, 0.15) is 5.84 Å². The summed E-state index contributed by atoms with van der Waals surface area (Å²) in [5.74, 6) is 1.04. The van der Waals surface area contributed by atoms with E-state index in [0.29, 0.717) is 6.54 Å². The molecule has 5 nitrogen and oxygen atoms in total. The van der Waals surface area contributed by atoms with Crippen LogP contribution in [0.3, 0.4) is 0 Å². The Morgan fingerprint density at radius 2 is 2.00 bits per heavy atom. The van der Waals surface area contributed by atoms with Crippen LogP contribution in [0.1, 0.15) is 59.3 Å². The second-order valence-electron chi connectivity index (χ2n) is 6.87. The van der Waals surface area contributed by atoms with E-state index in [-0.39, 0.29) is 11.3 Å². The maximum atomic E-state index is 10.5. The van der Waals surface area contributed by atoms with Gasteiger partial charge in [-0.05, 0) is 44.6 Å². The molecule has 1 aliphatic rings. The van der Waals surface area contributed by atoms with Crippen LogP contribution in [-0.4, -0.2) is 34.8 Å². The third-order valence-corrected chi connectivity index (χ3v) is 4.80. The summed E-state index contributed by atoms with van der Waals surface area (Å²) in [5, 5.41) is 25.6. The van der Waals surface area contributed by atoms with Crippen molar-refractivity contribution in [3.63, 3.8) is 0 Å². The molecular formula is C15H31N3O2. The summed E-state index contributed by atoms with van der Waals surface area (Å²) in [5.41, 5.74) is 4.78. The van der Waals surface area contributed by atoms with Gasteiger partial charge in [-0.15, -0.1) is 0 Å². The molecule has 5 heteroatoms. The highest BCUT2D eigenvalue weighted by atomic mass is 16.4. The molecule has 0 radical (unpaired) electrons. The summed E-state index contributed by atoms with van der Waals surface area (Å²) in [6.45, 7) is 7.51. The Bertz CT molecular complexity index is 321. The summed E-state index contributed by atoms with van der Waals surface area (Å²) in [4.78, 5) is 0. The average Bonchev–Trinajstić information content (AvgIpc) is 2.43. The van der Waals surface area contributed by atoms with E-state index in [1.54, 1.807) is 0 Å². The Morgan fingerprint density at radius 1 is 1.40 bits per heavy atom. The molecule has 0 bridgehead atoms. The van der Waals surface area contributed by atoms with Crippen molar-refractivity contribution in [2.24, 2.45) is 22.2 Å². The largest absolute Gasteiger partial charge is 0.409 e. The number of aliphatic hydroxyl groups is 1. The summed E-state index contributed by atoms with van der Waals surface area (Å²) in [6, 6.07) is 0. The molecule has 0 heterocycles. The minimum absolute atomic E-state index is 0.251. The smallest absolute Gasteiger partial charge is 0.144 e. The molecule has 1 rings (SSSR count). The molecule has 20 heavy (non-hydrogen) atoms. The van der Waals surface area contributed by atoms with Crippen LogP contribution in [0.5, 0.6) is 0 Å². The average molecular weight is 285 g/mol. The van der Waals surface area contributed by atoms with Gasteiger partial charge < -0.3 is 21.4 Å². The van der Waals surface area contributed by atoms with E-state index in [1.165, 1.54) is 6.42 Å². The topological polar surface area (TPSA) is 90.9 Å². The van der Waals surface area contributed by atoms with E-state index in [4.69, 9.17) is 10.9 Å². The number of amidine groups is 1. The summed E-state index contributed by atoms with van der Waals surface area (Å²) < 4.78 is 0. The second-order valence-corrected chi connectivity index (χ2v) is 6.87. The number of nitrogens with two attached hydrogens (primary N) is 1. The molecule has 0 spiro atoms. The zero-order valence-corrected chi connectivity index (χ0v) is 13.2. The molecule has 0 atom stereocenters. The van der Waals surface area contributed by atoms with Gasteiger partial charge in [-0.1, -0.05) is 32.3 Å². The summed E-state index contributed by atoms with van der Waals surface area (Å²) in [7, 11) is 0. The molecule has 1 saturated carbocycles. The third-order valence-electron chi connectivity index (χ3n) is 4.80. The van der Waals surface area contributed by atoms with Gasteiger partial charge in [0.2, 0.25) is 0 Å². The van der Waals surface area contributed by atoms with Gasteiger partial charge in [0, 0.05) is 12.0 Å². The van der Waals surface area contributed by atoms with Gasteiger partial charge in [-0.2, -0.15) is 0 Å². The number of nitrogens with zero attached hydrogens (tertiary/aromatic N) is 1. The van der Waals surface area contributed by atoms with Gasteiger partial charge in [-0.3, -0.25) is 0 Å². The van der Waals surface area contributed by atoms with Crippen LogP contribution in [0.2, 0.25) is 0 Å².